The number of hydrogen-bond acceptors (Lipinski definition) is 4. The van der Waals surface area contributed by atoms with E-state index in [1.54, 1.807) is 37.6 Å². The third-order valence-electron chi connectivity index (χ3n) is 3.39. The minimum atomic E-state index is -4.61. The van der Waals surface area contributed by atoms with E-state index in [-0.39, 0.29) is 18.9 Å². The van der Waals surface area contributed by atoms with E-state index >= 15 is 0 Å². The zero-order valence-corrected chi connectivity index (χ0v) is 13.5. The first kappa shape index (κ1) is 16.2. The van der Waals surface area contributed by atoms with Crippen molar-refractivity contribution >= 4 is 34.3 Å². The van der Waals surface area contributed by atoms with Gasteiger partial charge in [-0.3, -0.25) is 4.79 Å². The Morgan fingerprint density at radius 1 is 1.33 bits per heavy atom. The van der Waals surface area contributed by atoms with Crippen LogP contribution in [-0.2, 0) is 19.6 Å². The van der Waals surface area contributed by atoms with Crippen LogP contribution in [0.25, 0.3) is 0 Å². The van der Waals surface area contributed by atoms with Crippen molar-refractivity contribution in [1.29, 1.82) is 0 Å². The summed E-state index contributed by atoms with van der Waals surface area (Å²) in [6.45, 7) is 3.34. The van der Waals surface area contributed by atoms with Crippen LogP contribution in [0, 0.1) is 5.92 Å². The van der Waals surface area contributed by atoms with Gasteiger partial charge >= 0.3 is 10.2 Å². The van der Waals surface area contributed by atoms with Crippen LogP contribution in [0.5, 0.6) is 0 Å². The topological polar surface area (TPSA) is 71.5 Å². The molecular formula is C13H17FNO4PS. The lowest BCUT2D eigenvalue weighted by atomic mass is 10.1. The third kappa shape index (κ3) is 3.92. The number of anilines is 1. The van der Waals surface area contributed by atoms with Crippen LogP contribution in [0.3, 0.4) is 0 Å². The smallest absolute Gasteiger partial charge is 0.302 e. The molecule has 0 aromatic heterocycles. The standard InChI is InChI=1S/C13H17FNO4PS/c1-20(2,17)12-6-4-3-5-11(12)15-8-10(7-13(15)16)9-21(14,18)19/h3-6,10H,7-9H2,1-2H3. The van der Waals surface area contributed by atoms with Crippen LogP contribution in [0.2, 0.25) is 0 Å². The summed E-state index contributed by atoms with van der Waals surface area (Å²) in [5, 5.41) is 0.571. The minimum absolute atomic E-state index is 0.0186. The van der Waals surface area contributed by atoms with Crippen molar-refractivity contribution in [2.75, 3.05) is 30.5 Å². The summed E-state index contributed by atoms with van der Waals surface area (Å²) in [7, 11) is -7.19. The van der Waals surface area contributed by atoms with Gasteiger partial charge in [-0.25, -0.2) is 0 Å². The lowest BCUT2D eigenvalue weighted by Gasteiger charge is -2.22. The molecule has 1 aromatic rings. The average Bonchev–Trinajstić information content (AvgIpc) is 2.66. The number of hydrogen-bond donors (Lipinski definition) is 0. The van der Waals surface area contributed by atoms with E-state index in [0.717, 1.165) is 0 Å². The number of carbonyl (C=O) groups is 1. The summed E-state index contributed by atoms with van der Waals surface area (Å²) in [6.07, 6.45) is -0.0186. The number of carbonyl (C=O) groups excluding carboxylic acids is 1. The summed E-state index contributed by atoms with van der Waals surface area (Å²) in [5.74, 6) is -1.51. The Labute approximate surface area is 123 Å². The fraction of sp³-hybridized carbons (Fsp3) is 0.462. The molecule has 0 spiro atoms. The van der Waals surface area contributed by atoms with E-state index in [4.69, 9.17) is 0 Å². The van der Waals surface area contributed by atoms with Crippen molar-refractivity contribution in [1.82, 2.24) is 0 Å². The van der Waals surface area contributed by atoms with Gasteiger partial charge in [0.25, 0.3) is 0 Å². The Morgan fingerprint density at radius 2 is 1.95 bits per heavy atom. The van der Waals surface area contributed by atoms with E-state index < -0.39 is 29.0 Å². The lowest BCUT2D eigenvalue weighted by molar-refractivity contribution is -0.117. The predicted octanol–water partition coefficient (Wildman–Crippen LogP) is 1.59. The Kier molecular flexibility index (Phi) is 4.26. The molecule has 1 aliphatic heterocycles. The molecule has 0 bridgehead atoms. The number of halogens is 1. The third-order valence-corrected chi connectivity index (χ3v) is 5.80. The number of amides is 1. The highest BCUT2D eigenvalue weighted by Gasteiger charge is 2.35. The molecule has 1 fully saturated rings. The van der Waals surface area contributed by atoms with Gasteiger partial charge in [0.1, 0.15) is 7.14 Å². The molecule has 5 nitrogen and oxygen atoms in total. The monoisotopic (exact) mass is 333 g/mol. The van der Waals surface area contributed by atoms with Gasteiger partial charge in [0.15, 0.2) is 0 Å². The van der Waals surface area contributed by atoms with Crippen LogP contribution < -0.4 is 10.2 Å². The Bertz CT molecular complexity index is 713. The molecule has 1 unspecified atom stereocenters. The van der Waals surface area contributed by atoms with Crippen molar-refractivity contribution in [2.24, 2.45) is 5.92 Å². The molecule has 0 saturated carbocycles. The van der Waals surface area contributed by atoms with Crippen LogP contribution in [0.1, 0.15) is 6.42 Å². The van der Waals surface area contributed by atoms with Crippen LogP contribution in [0.4, 0.5) is 9.57 Å². The molecular weight excluding hydrogens is 316 g/mol. The zero-order chi connectivity index (χ0) is 15.8. The van der Waals surface area contributed by atoms with Crippen LogP contribution >= 0.6 is 7.14 Å². The largest absolute Gasteiger partial charge is 0.319 e. The Hall–Kier alpha value is -1.20. The van der Waals surface area contributed by atoms with Gasteiger partial charge in [-0.1, -0.05) is 12.1 Å². The summed E-state index contributed by atoms with van der Waals surface area (Å²) < 4.78 is 46.5. The van der Waals surface area contributed by atoms with Crippen LogP contribution in [0.15, 0.2) is 24.3 Å². The molecule has 0 N–H and O–H groups in total. The van der Waals surface area contributed by atoms with Crippen molar-refractivity contribution in [3.05, 3.63) is 24.3 Å². The Balaban J connectivity index is 2.32. The van der Waals surface area contributed by atoms with Gasteiger partial charge in [0, 0.05) is 24.2 Å². The first-order valence-corrected chi connectivity index (χ1v) is 10.6. The first-order chi connectivity index (χ1) is 9.58. The van der Waals surface area contributed by atoms with E-state index in [2.05, 4.69) is 0 Å². The second kappa shape index (κ2) is 5.54. The van der Waals surface area contributed by atoms with Gasteiger partial charge in [0.05, 0.1) is 11.4 Å². The minimum Gasteiger partial charge on any atom is -0.319 e. The molecule has 21 heavy (non-hydrogen) atoms. The number of para-hydroxylation sites is 1. The van der Waals surface area contributed by atoms with Gasteiger partial charge in [0.2, 0.25) is 5.91 Å². The fourth-order valence-electron chi connectivity index (χ4n) is 2.56. The predicted molar refractivity (Wildman–Crippen MR) is 80.9 cm³/mol. The van der Waals surface area contributed by atoms with Gasteiger partial charge in [-0.2, -0.15) is 8.42 Å². The number of nitrogens with zero attached hydrogens (tertiary/aromatic N) is 1. The first-order valence-electron chi connectivity index (χ1n) is 6.45. The molecule has 0 aliphatic carbocycles. The van der Waals surface area contributed by atoms with Gasteiger partial charge in [-0.15, -0.1) is 3.89 Å². The fourth-order valence-corrected chi connectivity index (χ4v) is 4.53. The highest BCUT2D eigenvalue weighted by Crippen LogP contribution is 2.39. The summed E-state index contributed by atoms with van der Waals surface area (Å²) in [4.78, 5) is 13.5. The van der Waals surface area contributed by atoms with E-state index in [1.165, 1.54) is 4.90 Å². The number of rotatable bonds is 4. The summed E-state index contributed by atoms with van der Waals surface area (Å²) >= 11 is 0. The molecule has 1 saturated heterocycles. The van der Waals surface area contributed by atoms with Crippen molar-refractivity contribution in [3.63, 3.8) is 0 Å². The SMILES string of the molecule is CP(C)(=O)c1ccccc1N1CC(CS(=O)(=O)F)CC1=O. The van der Waals surface area contributed by atoms with E-state index in [9.17, 15) is 21.7 Å². The summed E-state index contributed by atoms with van der Waals surface area (Å²) in [6, 6.07) is 6.84. The zero-order valence-electron chi connectivity index (χ0n) is 11.8. The molecule has 116 valence electrons. The normalized spacial score (nSPS) is 20.0. The molecule has 1 heterocycles. The maximum Gasteiger partial charge on any atom is 0.302 e. The summed E-state index contributed by atoms with van der Waals surface area (Å²) in [5.41, 5.74) is 0.523. The highest BCUT2D eigenvalue weighted by molar-refractivity contribution is 7.86. The van der Waals surface area contributed by atoms with Crippen molar-refractivity contribution < 1.29 is 21.7 Å². The molecule has 8 heteroatoms. The average molecular weight is 333 g/mol. The van der Waals surface area contributed by atoms with Gasteiger partial charge in [-0.05, 0) is 25.5 Å². The molecule has 1 amide bonds. The molecule has 2 rings (SSSR count). The van der Waals surface area contributed by atoms with Crippen LogP contribution in [-0.4, -0.2) is 40.0 Å². The second-order valence-electron chi connectivity index (χ2n) is 5.62. The molecule has 1 aromatic carbocycles. The quantitative estimate of drug-likeness (QED) is 0.620. The van der Waals surface area contributed by atoms with Crippen molar-refractivity contribution in [2.45, 2.75) is 6.42 Å². The van der Waals surface area contributed by atoms with Crippen molar-refractivity contribution in [3.8, 4) is 0 Å². The number of benzene rings is 1. The maximum atomic E-state index is 12.8. The van der Waals surface area contributed by atoms with Gasteiger partial charge < -0.3 is 9.46 Å². The molecule has 1 atom stereocenters. The lowest BCUT2D eigenvalue weighted by Crippen LogP contribution is -2.29. The maximum absolute atomic E-state index is 12.8. The van der Waals surface area contributed by atoms with E-state index in [0.29, 0.717) is 11.0 Å². The molecule has 1 aliphatic rings. The molecule has 0 radical (unpaired) electrons. The second-order valence-corrected chi connectivity index (χ2v) is 10.2. The van der Waals surface area contributed by atoms with E-state index in [1.807, 2.05) is 0 Å². The Morgan fingerprint density at radius 3 is 2.52 bits per heavy atom. The highest BCUT2D eigenvalue weighted by atomic mass is 32.3.